The number of ether oxygens (including phenoxy) is 1. The molecule has 0 fully saturated rings. The summed E-state index contributed by atoms with van der Waals surface area (Å²) in [5.41, 5.74) is 3.79. The van der Waals surface area contributed by atoms with Gasteiger partial charge in [-0.25, -0.2) is 0 Å². The molecular weight excluding hydrogens is 338 g/mol. The highest BCUT2D eigenvalue weighted by atomic mass is 16.5. The Hall–Kier alpha value is -2.62. The number of anilines is 1. The van der Waals surface area contributed by atoms with Crippen molar-refractivity contribution in [3.8, 4) is 0 Å². The maximum atomic E-state index is 12.7. The number of hydrogen-bond acceptors (Lipinski definition) is 3. The van der Waals surface area contributed by atoms with Crippen LogP contribution in [0.25, 0.3) is 0 Å². The molecule has 0 radical (unpaired) electrons. The van der Waals surface area contributed by atoms with E-state index in [0.29, 0.717) is 0 Å². The van der Waals surface area contributed by atoms with E-state index in [4.69, 9.17) is 4.74 Å². The SMILES string of the molecule is CCc1cccc(C)c1NC(=O)COC(=O)[C@@H](c1ccccc1)[C@H](C)CC. The lowest BCUT2D eigenvalue weighted by Crippen LogP contribution is -2.27. The molecule has 2 atom stereocenters. The fourth-order valence-electron chi connectivity index (χ4n) is 3.20. The monoisotopic (exact) mass is 367 g/mol. The smallest absolute Gasteiger partial charge is 0.314 e. The van der Waals surface area contributed by atoms with E-state index < -0.39 is 0 Å². The van der Waals surface area contributed by atoms with E-state index in [1.807, 2.05) is 76.2 Å². The second-order valence-electron chi connectivity index (χ2n) is 6.89. The van der Waals surface area contributed by atoms with Crippen LogP contribution in [0.2, 0.25) is 0 Å². The van der Waals surface area contributed by atoms with Crippen LogP contribution in [0.15, 0.2) is 48.5 Å². The Morgan fingerprint density at radius 1 is 1.04 bits per heavy atom. The molecule has 4 heteroatoms. The zero-order valence-corrected chi connectivity index (χ0v) is 16.6. The van der Waals surface area contributed by atoms with Crippen LogP contribution in [0.3, 0.4) is 0 Å². The molecule has 0 saturated carbocycles. The van der Waals surface area contributed by atoms with Crippen molar-refractivity contribution in [3.05, 3.63) is 65.2 Å². The molecule has 1 amide bonds. The van der Waals surface area contributed by atoms with Crippen LogP contribution in [-0.2, 0) is 20.7 Å². The average molecular weight is 367 g/mol. The van der Waals surface area contributed by atoms with Crippen molar-refractivity contribution < 1.29 is 14.3 Å². The Morgan fingerprint density at radius 2 is 1.74 bits per heavy atom. The molecule has 0 aliphatic heterocycles. The third-order valence-corrected chi connectivity index (χ3v) is 4.98. The highest BCUT2D eigenvalue weighted by molar-refractivity contribution is 5.94. The van der Waals surface area contributed by atoms with Gasteiger partial charge in [-0.1, -0.05) is 75.7 Å². The number of carbonyl (C=O) groups excluding carboxylic acids is 2. The summed E-state index contributed by atoms with van der Waals surface area (Å²) in [5.74, 6) is -0.908. The van der Waals surface area contributed by atoms with Crippen LogP contribution in [0.5, 0.6) is 0 Å². The average Bonchev–Trinajstić information content (AvgIpc) is 2.68. The summed E-state index contributed by atoms with van der Waals surface area (Å²) in [6.45, 7) is 7.79. The topological polar surface area (TPSA) is 55.4 Å². The van der Waals surface area contributed by atoms with Gasteiger partial charge in [-0.2, -0.15) is 0 Å². The second kappa shape index (κ2) is 9.91. The van der Waals surface area contributed by atoms with Gasteiger partial charge in [-0.05, 0) is 36.0 Å². The van der Waals surface area contributed by atoms with Crippen molar-refractivity contribution in [1.82, 2.24) is 0 Å². The summed E-state index contributed by atoms with van der Waals surface area (Å²) in [7, 11) is 0. The molecule has 4 nitrogen and oxygen atoms in total. The van der Waals surface area contributed by atoms with Gasteiger partial charge in [-0.15, -0.1) is 0 Å². The fraction of sp³-hybridized carbons (Fsp3) is 0.391. The molecule has 0 aliphatic carbocycles. The summed E-state index contributed by atoms with van der Waals surface area (Å²) in [6, 6.07) is 15.5. The lowest BCUT2D eigenvalue weighted by molar-refractivity contribution is -0.150. The number of carbonyl (C=O) groups is 2. The standard InChI is InChI=1S/C23H29NO3/c1-5-16(3)21(19-12-8-7-9-13-19)23(26)27-15-20(25)24-22-17(4)11-10-14-18(22)6-2/h7-14,16,21H,5-6,15H2,1-4H3,(H,24,25)/t16-,21-/m1/s1. The zero-order chi connectivity index (χ0) is 19.8. The van der Waals surface area contributed by atoms with E-state index in [2.05, 4.69) is 5.32 Å². The Kier molecular flexibility index (Phi) is 7.59. The normalized spacial score (nSPS) is 12.9. The molecule has 0 bridgehead atoms. The van der Waals surface area contributed by atoms with Gasteiger partial charge in [0.2, 0.25) is 0 Å². The highest BCUT2D eigenvalue weighted by Crippen LogP contribution is 2.28. The maximum absolute atomic E-state index is 12.7. The van der Waals surface area contributed by atoms with Gasteiger partial charge in [0, 0.05) is 5.69 Å². The number of benzene rings is 2. The van der Waals surface area contributed by atoms with Crippen molar-refractivity contribution in [3.63, 3.8) is 0 Å². The van der Waals surface area contributed by atoms with Crippen LogP contribution >= 0.6 is 0 Å². The predicted molar refractivity (Wildman–Crippen MR) is 109 cm³/mol. The first-order valence-electron chi connectivity index (χ1n) is 9.57. The van der Waals surface area contributed by atoms with Crippen LogP contribution < -0.4 is 5.32 Å². The van der Waals surface area contributed by atoms with Gasteiger partial charge in [0.25, 0.3) is 5.91 Å². The number of rotatable bonds is 8. The number of nitrogens with one attached hydrogen (secondary N) is 1. The lowest BCUT2D eigenvalue weighted by atomic mass is 9.86. The molecule has 0 saturated heterocycles. The molecule has 0 heterocycles. The number of esters is 1. The highest BCUT2D eigenvalue weighted by Gasteiger charge is 2.27. The summed E-state index contributed by atoms with van der Waals surface area (Å²) in [5, 5.41) is 2.89. The van der Waals surface area contributed by atoms with Crippen molar-refractivity contribution in [2.45, 2.75) is 46.5 Å². The van der Waals surface area contributed by atoms with Gasteiger partial charge < -0.3 is 10.1 Å². The molecular formula is C23H29NO3. The molecule has 144 valence electrons. The van der Waals surface area contributed by atoms with Crippen molar-refractivity contribution in [2.75, 3.05) is 11.9 Å². The van der Waals surface area contributed by atoms with Crippen LogP contribution in [0, 0.1) is 12.8 Å². The van der Waals surface area contributed by atoms with Gasteiger partial charge in [-0.3, -0.25) is 9.59 Å². The third kappa shape index (κ3) is 5.43. The minimum atomic E-state index is -0.367. The minimum Gasteiger partial charge on any atom is -0.455 e. The number of hydrogen-bond donors (Lipinski definition) is 1. The minimum absolute atomic E-state index is 0.131. The summed E-state index contributed by atoms with van der Waals surface area (Å²) in [4.78, 5) is 25.0. The first-order valence-corrected chi connectivity index (χ1v) is 9.57. The number of aryl methyl sites for hydroxylation is 2. The first-order chi connectivity index (χ1) is 13.0. The largest absolute Gasteiger partial charge is 0.455 e. The molecule has 0 spiro atoms. The van der Waals surface area contributed by atoms with Gasteiger partial charge >= 0.3 is 5.97 Å². The molecule has 1 N–H and O–H groups in total. The van der Waals surface area contributed by atoms with E-state index in [0.717, 1.165) is 35.2 Å². The molecule has 2 rings (SSSR count). The van der Waals surface area contributed by atoms with E-state index in [1.165, 1.54) is 0 Å². The number of para-hydroxylation sites is 1. The lowest BCUT2D eigenvalue weighted by Gasteiger charge is -2.22. The second-order valence-corrected chi connectivity index (χ2v) is 6.89. The van der Waals surface area contributed by atoms with E-state index >= 15 is 0 Å². The Balaban J connectivity index is 2.04. The first kappa shape index (κ1) is 20.7. The predicted octanol–water partition coefficient (Wildman–Crippen LogP) is 4.87. The third-order valence-electron chi connectivity index (χ3n) is 4.98. The molecule has 0 aliphatic rings. The van der Waals surface area contributed by atoms with E-state index in [1.54, 1.807) is 0 Å². The van der Waals surface area contributed by atoms with Crippen LogP contribution in [0.1, 0.15) is 49.8 Å². The van der Waals surface area contributed by atoms with E-state index in [9.17, 15) is 9.59 Å². The van der Waals surface area contributed by atoms with Crippen molar-refractivity contribution in [1.29, 1.82) is 0 Å². The van der Waals surface area contributed by atoms with Crippen LogP contribution in [-0.4, -0.2) is 18.5 Å². The molecule has 2 aromatic carbocycles. The van der Waals surface area contributed by atoms with Crippen molar-refractivity contribution >= 4 is 17.6 Å². The fourth-order valence-corrected chi connectivity index (χ4v) is 3.20. The van der Waals surface area contributed by atoms with E-state index in [-0.39, 0.29) is 30.3 Å². The Bertz CT molecular complexity index is 770. The maximum Gasteiger partial charge on any atom is 0.314 e. The molecule has 27 heavy (non-hydrogen) atoms. The molecule has 0 aromatic heterocycles. The Morgan fingerprint density at radius 3 is 2.37 bits per heavy atom. The summed E-state index contributed by atoms with van der Waals surface area (Å²) in [6.07, 6.45) is 1.67. The zero-order valence-electron chi connectivity index (χ0n) is 16.6. The molecule has 2 aromatic rings. The Labute approximate surface area is 161 Å². The summed E-state index contributed by atoms with van der Waals surface area (Å²) >= 11 is 0. The molecule has 0 unspecified atom stereocenters. The summed E-state index contributed by atoms with van der Waals surface area (Å²) < 4.78 is 5.38. The van der Waals surface area contributed by atoms with Crippen LogP contribution in [0.4, 0.5) is 5.69 Å². The number of amides is 1. The van der Waals surface area contributed by atoms with Gasteiger partial charge in [0.1, 0.15) is 0 Å². The van der Waals surface area contributed by atoms with Gasteiger partial charge in [0.05, 0.1) is 5.92 Å². The van der Waals surface area contributed by atoms with Gasteiger partial charge in [0.15, 0.2) is 6.61 Å². The quantitative estimate of drug-likeness (QED) is 0.677. The van der Waals surface area contributed by atoms with Crippen molar-refractivity contribution in [2.24, 2.45) is 5.92 Å².